The van der Waals surface area contributed by atoms with Crippen LogP contribution in [-0.2, 0) is 14.3 Å². The molecule has 4 saturated carbocycles. The Morgan fingerprint density at radius 1 is 1.06 bits per heavy atom. The van der Waals surface area contributed by atoms with Crippen LogP contribution in [0.5, 0.6) is 0 Å². The zero-order valence-corrected chi connectivity index (χ0v) is 11.3. The molecule has 1 aliphatic heterocycles. The van der Waals surface area contributed by atoms with Crippen molar-refractivity contribution >= 4 is 5.97 Å². The van der Waals surface area contributed by atoms with Crippen molar-refractivity contribution in [2.24, 2.45) is 23.2 Å². The smallest absolute Gasteiger partial charge is 0.337 e. The minimum Gasteiger partial charge on any atom is -0.431 e. The fourth-order valence-electron chi connectivity index (χ4n) is 5.58. The summed E-state index contributed by atoms with van der Waals surface area (Å²) in [7, 11) is 0. The molecule has 3 nitrogen and oxygen atoms in total. The van der Waals surface area contributed by atoms with E-state index in [0.29, 0.717) is 0 Å². The van der Waals surface area contributed by atoms with Gasteiger partial charge >= 0.3 is 5.97 Å². The second-order valence-electron chi connectivity index (χ2n) is 7.32. The van der Waals surface area contributed by atoms with Crippen LogP contribution >= 0.6 is 0 Å². The van der Waals surface area contributed by atoms with Crippen LogP contribution in [0.4, 0.5) is 0 Å². The molecule has 18 heavy (non-hydrogen) atoms. The van der Waals surface area contributed by atoms with E-state index in [1.807, 2.05) is 13.8 Å². The average molecular weight is 250 g/mol. The molecule has 0 N–H and O–H groups in total. The Balaban J connectivity index is 1.69. The van der Waals surface area contributed by atoms with Gasteiger partial charge in [-0.25, -0.2) is 4.79 Å². The largest absolute Gasteiger partial charge is 0.431 e. The number of ether oxygens (including phenoxy) is 2. The van der Waals surface area contributed by atoms with Crippen molar-refractivity contribution in [1.82, 2.24) is 0 Å². The lowest BCUT2D eigenvalue weighted by molar-refractivity contribution is -0.273. The first kappa shape index (κ1) is 11.3. The summed E-state index contributed by atoms with van der Waals surface area (Å²) in [5.74, 6) is 1.73. The van der Waals surface area contributed by atoms with E-state index in [0.717, 1.165) is 17.8 Å². The SMILES string of the molecule is CC1OC(C)(C23CC4CC(CC(C4)C2)C3)OC1=O. The second-order valence-corrected chi connectivity index (χ2v) is 7.32. The zero-order valence-electron chi connectivity index (χ0n) is 11.3. The Morgan fingerprint density at radius 2 is 1.56 bits per heavy atom. The first-order chi connectivity index (χ1) is 8.50. The van der Waals surface area contributed by atoms with E-state index in [4.69, 9.17) is 9.47 Å². The van der Waals surface area contributed by atoms with Gasteiger partial charge in [-0.15, -0.1) is 0 Å². The third-order valence-corrected chi connectivity index (χ3v) is 6.03. The van der Waals surface area contributed by atoms with Gasteiger partial charge in [-0.1, -0.05) is 0 Å². The van der Waals surface area contributed by atoms with Gasteiger partial charge in [0, 0.05) is 12.3 Å². The topological polar surface area (TPSA) is 35.5 Å². The van der Waals surface area contributed by atoms with Crippen LogP contribution in [0.25, 0.3) is 0 Å². The number of hydrogen-bond donors (Lipinski definition) is 0. The highest BCUT2D eigenvalue weighted by atomic mass is 16.8. The molecule has 100 valence electrons. The number of rotatable bonds is 1. The molecule has 0 radical (unpaired) electrons. The molecule has 0 aromatic heterocycles. The first-order valence-electron chi connectivity index (χ1n) is 7.40. The Labute approximate surface area is 108 Å². The summed E-state index contributed by atoms with van der Waals surface area (Å²) in [6.07, 6.45) is 7.43. The fourth-order valence-corrected chi connectivity index (χ4v) is 5.58. The molecule has 0 aromatic carbocycles. The quantitative estimate of drug-likeness (QED) is 0.671. The van der Waals surface area contributed by atoms with E-state index < -0.39 is 5.79 Å². The van der Waals surface area contributed by atoms with Crippen molar-refractivity contribution in [3.05, 3.63) is 0 Å². The molecule has 4 bridgehead atoms. The maximum Gasteiger partial charge on any atom is 0.337 e. The van der Waals surface area contributed by atoms with Crippen LogP contribution in [0.15, 0.2) is 0 Å². The minimum atomic E-state index is -0.653. The Morgan fingerprint density at radius 3 is 1.94 bits per heavy atom. The van der Waals surface area contributed by atoms with Crippen molar-refractivity contribution in [2.45, 2.75) is 64.3 Å². The molecule has 0 spiro atoms. The van der Waals surface area contributed by atoms with E-state index in [-0.39, 0.29) is 17.5 Å². The Bertz CT molecular complexity index is 367. The van der Waals surface area contributed by atoms with E-state index in [1.54, 1.807) is 0 Å². The maximum absolute atomic E-state index is 11.7. The number of carbonyl (C=O) groups excluding carboxylic acids is 1. The minimum absolute atomic E-state index is 0.113. The van der Waals surface area contributed by atoms with Crippen LogP contribution in [-0.4, -0.2) is 17.9 Å². The van der Waals surface area contributed by atoms with Crippen LogP contribution in [0.2, 0.25) is 0 Å². The van der Waals surface area contributed by atoms with Gasteiger partial charge in [0.05, 0.1) is 0 Å². The molecule has 5 rings (SSSR count). The zero-order chi connectivity index (χ0) is 12.5. The summed E-state index contributed by atoms with van der Waals surface area (Å²) in [5.41, 5.74) is 0.113. The molecule has 5 fully saturated rings. The highest BCUT2D eigenvalue weighted by Crippen LogP contribution is 2.65. The molecule has 1 saturated heterocycles. The van der Waals surface area contributed by atoms with Crippen molar-refractivity contribution < 1.29 is 14.3 Å². The highest BCUT2D eigenvalue weighted by Gasteiger charge is 2.64. The standard InChI is InChI=1S/C15H22O3/c1-9-13(16)18-14(2,17-9)15-6-10-3-11(7-15)5-12(4-10)8-15/h9-12H,3-8H2,1-2H3. The van der Waals surface area contributed by atoms with Crippen LogP contribution in [0, 0.1) is 23.2 Å². The summed E-state index contributed by atoms with van der Waals surface area (Å²) >= 11 is 0. The molecule has 2 unspecified atom stereocenters. The predicted octanol–water partition coefficient (Wildman–Crippen LogP) is 2.88. The van der Waals surface area contributed by atoms with Gasteiger partial charge in [-0.05, 0) is 63.2 Å². The predicted molar refractivity (Wildman–Crippen MR) is 65.6 cm³/mol. The van der Waals surface area contributed by atoms with Gasteiger partial charge in [0.2, 0.25) is 5.79 Å². The molecule has 0 amide bonds. The van der Waals surface area contributed by atoms with Crippen LogP contribution in [0.1, 0.15) is 52.4 Å². The van der Waals surface area contributed by atoms with Gasteiger partial charge in [-0.3, -0.25) is 0 Å². The van der Waals surface area contributed by atoms with Crippen molar-refractivity contribution in [3.63, 3.8) is 0 Å². The highest BCUT2D eigenvalue weighted by molar-refractivity contribution is 5.76. The van der Waals surface area contributed by atoms with Crippen LogP contribution < -0.4 is 0 Å². The van der Waals surface area contributed by atoms with Crippen LogP contribution in [0.3, 0.4) is 0 Å². The van der Waals surface area contributed by atoms with Gasteiger partial charge in [-0.2, -0.15) is 0 Å². The Kier molecular flexibility index (Phi) is 2.07. The molecule has 4 aliphatic carbocycles. The van der Waals surface area contributed by atoms with E-state index >= 15 is 0 Å². The van der Waals surface area contributed by atoms with Crippen molar-refractivity contribution in [1.29, 1.82) is 0 Å². The lowest BCUT2D eigenvalue weighted by atomic mass is 9.47. The fraction of sp³-hybridized carbons (Fsp3) is 0.933. The summed E-state index contributed by atoms with van der Waals surface area (Å²) in [5, 5.41) is 0. The molecular weight excluding hydrogens is 228 g/mol. The lowest BCUT2D eigenvalue weighted by Crippen LogP contribution is -2.57. The number of hydrogen-bond acceptors (Lipinski definition) is 3. The van der Waals surface area contributed by atoms with E-state index in [2.05, 4.69) is 0 Å². The second kappa shape index (κ2) is 3.30. The van der Waals surface area contributed by atoms with Gasteiger partial charge in [0.15, 0.2) is 6.10 Å². The summed E-state index contributed by atoms with van der Waals surface area (Å²) in [6.45, 7) is 3.83. The molecular formula is C15H22O3. The van der Waals surface area contributed by atoms with Gasteiger partial charge < -0.3 is 9.47 Å². The number of esters is 1. The van der Waals surface area contributed by atoms with Crippen molar-refractivity contribution in [2.75, 3.05) is 0 Å². The first-order valence-corrected chi connectivity index (χ1v) is 7.40. The Hall–Kier alpha value is -0.570. The average Bonchev–Trinajstić information content (AvgIpc) is 2.52. The summed E-state index contributed by atoms with van der Waals surface area (Å²) < 4.78 is 11.7. The maximum atomic E-state index is 11.7. The van der Waals surface area contributed by atoms with Crippen molar-refractivity contribution in [3.8, 4) is 0 Å². The third-order valence-electron chi connectivity index (χ3n) is 6.03. The van der Waals surface area contributed by atoms with E-state index in [9.17, 15) is 4.79 Å². The van der Waals surface area contributed by atoms with Gasteiger partial charge in [0.25, 0.3) is 0 Å². The molecule has 2 atom stereocenters. The summed E-state index contributed by atoms with van der Waals surface area (Å²) in [4.78, 5) is 11.7. The summed E-state index contributed by atoms with van der Waals surface area (Å²) in [6, 6.07) is 0. The van der Waals surface area contributed by atoms with E-state index in [1.165, 1.54) is 38.5 Å². The lowest BCUT2D eigenvalue weighted by Gasteiger charge is -2.60. The van der Waals surface area contributed by atoms with Gasteiger partial charge in [0.1, 0.15) is 0 Å². The number of cyclic esters (lactones) is 1. The number of carbonyl (C=O) groups is 1. The third kappa shape index (κ3) is 1.31. The normalized spacial score (nSPS) is 58.0. The molecule has 5 aliphatic rings. The molecule has 1 heterocycles. The monoisotopic (exact) mass is 250 g/mol. The molecule has 0 aromatic rings. The molecule has 3 heteroatoms.